The van der Waals surface area contributed by atoms with Crippen LogP contribution in [0.15, 0.2) is 41.0 Å². The van der Waals surface area contributed by atoms with Crippen LogP contribution in [-0.4, -0.2) is 16.9 Å². The number of oxazole rings is 1. The summed E-state index contributed by atoms with van der Waals surface area (Å²) in [5, 5.41) is 2.76. The average molecular weight is 273 g/mol. The molecular formula is C15H19N3O2. The molecule has 1 heterocycles. The minimum absolute atomic E-state index is 0.156. The van der Waals surface area contributed by atoms with Gasteiger partial charge in [-0.1, -0.05) is 31.5 Å². The van der Waals surface area contributed by atoms with Gasteiger partial charge in [-0.2, -0.15) is 0 Å². The number of carbonyl (C=O) groups excluding carboxylic acids is 1. The molecule has 0 bridgehead atoms. The quantitative estimate of drug-likeness (QED) is 0.844. The second kappa shape index (κ2) is 6.86. The molecule has 2 aromatic rings. The topological polar surface area (TPSA) is 81.2 Å². The molecule has 0 saturated heterocycles. The van der Waals surface area contributed by atoms with Gasteiger partial charge in [-0.05, 0) is 18.6 Å². The minimum atomic E-state index is -0.458. The van der Waals surface area contributed by atoms with Crippen molar-refractivity contribution in [2.45, 2.75) is 32.4 Å². The molecule has 5 nitrogen and oxygen atoms in total. The predicted octanol–water partition coefficient (Wildman–Crippen LogP) is 2.09. The number of aromatic nitrogens is 1. The fourth-order valence-electron chi connectivity index (χ4n) is 1.85. The highest BCUT2D eigenvalue weighted by atomic mass is 16.3. The Bertz CT molecular complexity index is 551. The standard InChI is InChI=1S/C15H19N3O2/c1-2-6-13(16)14(19)17-9-12-10-20-15(18-12)11-7-4-3-5-8-11/h3-5,7-8,10,13H,2,6,9,16H2,1H3,(H,17,19). The Morgan fingerprint density at radius 1 is 1.40 bits per heavy atom. The van der Waals surface area contributed by atoms with E-state index >= 15 is 0 Å². The van der Waals surface area contributed by atoms with Gasteiger partial charge in [-0.25, -0.2) is 4.98 Å². The monoisotopic (exact) mass is 273 g/mol. The maximum absolute atomic E-state index is 11.7. The Morgan fingerprint density at radius 3 is 2.85 bits per heavy atom. The Morgan fingerprint density at radius 2 is 2.15 bits per heavy atom. The number of amides is 1. The van der Waals surface area contributed by atoms with Crippen LogP contribution >= 0.6 is 0 Å². The zero-order valence-corrected chi connectivity index (χ0v) is 11.5. The first kappa shape index (κ1) is 14.3. The van der Waals surface area contributed by atoms with Crippen molar-refractivity contribution >= 4 is 5.91 Å². The number of hydrogen-bond acceptors (Lipinski definition) is 4. The SMILES string of the molecule is CCCC(N)C(=O)NCc1coc(-c2ccccc2)n1. The first-order valence-corrected chi connectivity index (χ1v) is 6.73. The molecule has 0 fully saturated rings. The molecular weight excluding hydrogens is 254 g/mol. The molecule has 0 aliphatic carbocycles. The lowest BCUT2D eigenvalue weighted by Crippen LogP contribution is -2.40. The fraction of sp³-hybridized carbons (Fsp3) is 0.333. The van der Waals surface area contributed by atoms with E-state index in [0.717, 1.165) is 12.0 Å². The van der Waals surface area contributed by atoms with E-state index < -0.39 is 6.04 Å². The van der Waals surface area contributed by atoms with Crippen molar-refractivity contribution in [2.24, 2.45) is 5.73 Å². The van der Waals surface area contributed by atoms with Crippen LogP contribution in [0.2, 0.25) is 0 Å². The smallest absolute Gasteiger partial charge is 0.237 e. The molecule has 0 aliphatic rings. The Hall–Kier alpha value is -2.14. The van der Waals surface area contributed by atoms with Crippen LogP contribution in [0, 0.1) is 0 Å². The first-order valence-electron chi connectivity index (χ1n) is 6.73. The van der Waals surface area contributed by atoms with Gasteiger partial charge in [0, 0.05) is 5.56 Å². The van der Waals surface area contributed by atoms with Gasteiger partial charge in [0.25, 0.3) is 0 Å². The second-order valence-corrected chi connectivity index (χ2v) is 4.62. The summed E-state index contributed by atoms with van der Waals surface area (Å²) in [5.41, 5.74) is 7.32. The maximum atomic E-state index is 11.7. The van der Waals surface area contributed by atoms with Crippen molar-refractivity contribution < 1.29 is 9.21 Å². The van der Waals surface area contributed by atoms with Crippen molar-refractivity contribution in [3.8, 4) is 11.5 Å². The van der Waals surface area contributed by atoms with E-state index in [0.29, 0.717) is 24.6 Å². The third kappa shape index (κ3) is 3.68. The third-order valence-electron chi connectivity index (χ3n) is 2.95. The molecule has 20 heavy (non-hydrogen) atoms. The summed E-state index contributed by atoms with van der Waals surface area (Å²) >= 11 is 0. The normalized spacial score (nSPS) is 12.1. The van der Waals surface area contributed by atoms with E-state index in [4.69, 9.17) is 10.2 Å². The molecule has 0 spiro atoms. The highest BCUT2D eigenvalue weighted by Crippen LogP contribution is 2.17. The number of hydrogen-bond donors (Lipinski definition) is 2. The summed E-state index contributed by atoms with van der Waals surface area (Å²) in [7, 11) is 0. The minimum Gasteiger partial charge on any atom is -0.444 e. The molecule has 1 amide bonds. The second-order valence-electron chi connectivity index (χ2n) is 4.62. The number of nitrogens with zero attached hydrogens (tertiary/aromatic N) is 1. The number of nitrogens with one attached hydrogen (secondary N) is 1. The van der Waals surface area contributed by atoms with Crippen LogP contribution in [-0.2, 0) is 11.3 Å². The molecule has 2 rings (SSSR count). The van der Waals surface area contributed by atoms with E-state index in [2.05, 4.69) is 10.3 Å². The zero-order chi connectivity index (χ0) is 14.4. The van der Waals surface area contributed by atoms with E-state index in [-0.39, 0.29) is 5.91 Å². The van der Waals surface area contributed by atoms with Crippen molar-refractivity contribution in [3.05, 3.63) is 42.3 Å². The number of rotatable bonds is 6. The lowest BCUT2D eigenvalue weighted by molar-refractivity contribution is -0.122. The van der Waals surface area contributed by atoms with E-state index in [1.165, 1.54) is 0 Å². The summed E-state index contributed by atoms with van der Waals surface area (Å²) in [4.78, 5) is 16.0. The molecule has 1 atom stereocenters. The van der Waals surface area contributed by atoms with Crippen LogP contribution in [0.25, 0.3) is 11.5 Å². The number of carbonyl (C=O) groups is 1. The van der Waals surface area contributed by atoms with Gasteiger partial charge in [0.05, 0.1) is 18.3 Å². The molecule has 0 aliphatic heterocycles. The van der Waals surface area contributed by atoms with E-state index in [1.807, 2.05) is 37.3 Å². The highest BCUT2D eigenvalue weighted by Gasteiger charge is 2.13. The molecule has 0 radical (unpaired) electrons. The van der Waals surface area contributed by atoms with E-state index in [1.54, 1.807) is 6.26 Å². The van der Waals surface area contributed by atoms with Crippen molar-refractivity contribution in [2.75, 3.05) is 0 Å². The Balaban J connectivity index is 1.92. The Labute approximate surface area is 118 Å². The fourth-order valence-corrected chi connectivity index (χ4v) is 1.85. The van der Waals surface area contributed by atoms with Gasteiger partial charge >= 0.3 is 0 Å². The number of benzene rings is 1. The lowest BCUT2D eigenvalue weighted by atomic mass is 10.2. The summed E-state index contributed by atoms with van der Waals surface area (Å²) in [6.45, 7) is 2.32. The molecule has 106 valence electrons. The molecule has 3 N–H and O–H groups in total. The van der Waals surface area contributed by atoms with Crippen LogP contribution in [0.1, 0.15) is 25.5 Å². The predicted molar refractivity (Wildman–Crippen MR) is 76.7 cm³/mol. The van der Waals surface area contributed by atoms with E-state index in [9.17, 15) is 4.79 Å². The van der Waals surface area contributed by atoms with Crippen LogP contribution in [0.5, 0.6) is 0 Å². The van der Waals surface area contributed by atoms with Crippen LogP contribution in [0.4, 0.5) is 0 Å². The summed E-state index contributed by atoms with van der Waals surface area (Å²) in [6, 6.07) is 9.16. The summed E-state index contributed by atoms with van der Waals surface area (Å²) < 4.78 is 5.40. The van der Waals surface area contributed by atoms with Crippen LogP contribution in [0.3, 0.4) is 0 Å². The van der Waals surface area contributed by atoms with Gasteiger partial charge in [0.1, 0.15) is 6.26 Å². The molecule has 1 aromatic heterocycles. The first-order chi connectivity index (χ1) is 9.70. The van der Waals surface area contributed by atoms with Gasteiger partial charge in [0.15, 0.2) is 0 Å². The molecule has 0 saturated carbocycles. The average Bonchev–Trinajstić information content (AvgIpc) is 2.95. The Kier molecular flexibility index (Phi) is 4.90. The lowest BCUT2D eigenvalue weighted by Gasteiger charge is -2.09. The third-order valence-corrected chi connectivity index (χ3v) is 2.95. The van der Waals surface area contributed by atoms with Crippen molar-refractivity contribution in [3.63, 3.8) is 0 Å². The maximum Gasteiger partial charge on any atom is 0.237 e. The van der Waals surface area contributed by atoms with Gasteiger partial charge in [-0.3, -0.25) is 4.79 Å². The van der Waals surface area contributed by atoms with Crippen LogP contribution < -0.4 is 11.1 Å². The van der Waals surface area contributed by atoms with Crippen molar-refractivity contribution in [1.29, 1.82) is 0 Å². The zero-order valence-electron chi connectivity index (χ0n) is 11.5. The van der Waals surface area contributed by atoms with Gasteiger partial charge < -0.3 is 15.5 Å². The highest BCUT2D eigenvalue weighted by molar-refractivity contribution is 5.81. The molecule has 5 heteroatoms. The summed E-state index contributed by atoms with van der Waals surface area (Å²) in [5.74, 6) is 0.392. The largest absolute Gasteiger partial charge is 0.444 e. The van der Waals surface area contributed by atoms with Crippen molar-refractivity contribution in [1.82, 2.24) is 10.3 Å². The number of nitrogens with two attached hydrogens (primary N) is 1. The van der Waals surface area contributed by atoms with Gasteiger partial charge in [-0.15, -0.1) is 0 Å². The molecule has 1 aromatic carbocycles. The molecule has 1 unspecified atom stereocenters. The van der Waals surface area contributed by atoms with Gasteiger partial charge in [0.2, 0.25) is 11.8 Å². The summed E-state index contributed by atoms with van der Waals surface area (Å²) in [6.07, 6.45) is 3.12.